The van der Waals surface area contributed by atoms with Gasteiger partial charge in [-0.1, -0.05) is 0 Å². The zero-order valence-electron chi connectivity index (χ0n) is 13.5. The summed E-state index contributed by atoms with van der Waals surface area (Å²) in [4.78, 5) is 23.5. The van der Waals surface area contributed by atoms with Gasteiger partial charge in [-0.25, -0.2) is 9.97 Å². The smallest absolute Gasteiger partial charge is 0.257 e. The number of fused-ring (bicyclic) bond motifs is 2. The minimum Gasteiger partial charge on any atom is -0.472 e. The van der Waals surface area contributed by atoms with E-state index in [1.54, 1.807) is 18.7 Å². The van der Waals surface area contributed by atoms with Crippen molar-refractivity contribution in [1.29, 1.82) is 0 Å². The molecule has 6 nitrogen and oxygen atoms in total. The van der Waals surface area contributed by atoms with Crippen LogP contribution in [0, 0.1) is 5.92 Å². The first-order chi connectivity index (χ1) is 11.8. The quantitative estimate of drug-likeness (QED) is 0.938. The number of carbonyl (C=O) groups is 1. The van der Waals surface area contributed by atoms with E-state index in [0.29, 0.717) is 11.5 Å². The molecule has 3 heterocycles. The van der Waals surface area contributed by atoms with Gasteiger partial charge < -0.3 is 14.6 Å². The first-order valence-corrected chi connectivity index (χ1v) is 8.68. The maximum absolute atomic E-state index is 12.6. The van der Waals surface area contributed by atoms with Crippen LogP contribution in [0.25, 0.3) is 0 Å². The highest BCUT2D eigenvalue weighted by molar-refractivity contribution is 5.94. The molecule has 2 fully saturated rings. The summed E-state index contributed by atoms with van der Waals surface area (Å²) in [5.41, 5.74) is 3.07. The Morgan fingerprint density at radius 2 is 2.33 bits per heavy atom. The van der Waals surface area contributed by atoms with Gasteiger partial charge in [0.25, 0.3) is 5.91 Å². The predicted molar refractivity (Wildman–Crippen MR) is 87.7 cm³/mol. The second-order valence-corrected chi connectivity index (χ2v) is 7.22. The average molecular weight is 324 g/mol. The lowest BCUT2D eigenvalue weighted by Gasteiger charge is -2.45. The van der Waals surface area contributed by atoms with E-state index in [1.807, 2.05) is 4.90 Å². The molecular weight excluding hydrogens is 304 g/mol. The van der Waals surface area contributed by atoms with Gasteiger partial charge in [-0.15, -0.1) is 0 Å². The van der Waals surface area contributed by atoms with E-state index in [9.17, 15) is 4.79 Å². The van der Waals surface area contributed by atoms with Crippen molar-refractivity contribution >= 4 is 11.7 Å². The van der Waals surface area contributed by atoms with E-state index >= 15 is 0 Å². The van der Waals surface area contributed by atoms with Crippen LogP contribution in [0.3, 0.4) is 0 Å². The van der Waals surface area contributed by atoms with Crippen molar-refractivity contribution in [3.63, 3.8) is 0 Å². The number of rotatable bonds is 3. The average Bonchev–Trinajstić information content (AvgIpc) is 3.30. The van der Waals surface area contributed by atoms with E-state index in [2.05, 4.69) is 15.3 Å². The molecule has 5 rings (SSSR count). The monoisotopic (exact) mass is 324 g/mol. The highest BCUT2D eigenvalue weighted by Gasteiger charge is 2.54. The fourth-order valence-corrected chi connectivity index (χ4v) is 4.47. The molecule has 2 aliphatic carbocycles. The Bertz CT molecular complexity index is 788. The van der Waals surface area contributed by atoms with Crippen molar-refractivity contribution in [3.8, 4) is 0 Å². The lowest BCUT2D eigenvalue weighted by Crippen LogP contribution is -2.53. The molecule has 2 atom stereocenters. The highest BCUT2D eigenvalue weighted by Crippen LogP contribution is 2.47. The van der Waals surface area contributed by atoms with Crippen LogP contribution in [0.1, 0.15) is 40.9 Å². The van der Waals surface area contributed by atoms with Gasteiger partial charge in [-0.05, 0) is 38.2 Å². The molecule has 1 amide bonds. The van der Waals surface area contributed by atoms with Crippen LogP contribution < -0.4 is 5.32 Å². The second kappa shape index (κ2) is 5.06. The Morgan fingerprint density at radius 3 is 3.12 bits per heavy atom. The topological polar surface area (TPSA) is 71.3 Å². The number of aryl methyl sites for hydroxylation is 1. The first kappa shape index (κ1) is 14.0. The zero-order valence-corrected chi connectivity index (χ0v) is 13.5. The molecule has 0 bridgehead atoms. The molecule has 124 valence electrons. The lowest BCUT2D eigenvalue weighted by molar-refractivity contribution is 0.0785. The van der Waals surface area contributed by atoms with Gasteiger partial charge in [0.1, 0.15) is 18.4 Å². The fourth-order valence-electron chi connectivity index (χ4n) is 4.47. The summed E-state index contributed by atoms with van der Waals surface area (Å²) in [6.07, 6.45) is 10.3. The molecule has 1 aliphatic heterocycles. The van der Waals surface area contributed by atoms with Gasteiger partial charge in [0.2, 0.25) is 0 Å². The number of hydrogen-bond acceptors (Lipinski definition) is 5. The van der Waals surface area contributed by atoms with Crippen LogP contribution in [0.4, 0.5) is 5.82 Å². The molecule has 1 saturated heterocycles. The lowest BCUT2D eigenvalue weighted by atomic mass is 9.69. The van der Waals surface area contributed by atoms with Crippen molar-refractivity contribution in [2.75, 3.05) is 18.4 Å². The fraction of sp³-hybridized carbons (Fsp3) is 0.500. The third kappa shape index (κ3) is 1.98. The Hall–Kier alpha value is -2.37. The number of nitrogens with one attached hydrogen (secondary N) is 1. The van der Waals surface area contributed by atoms with Gasteiger partial charge in [0, 0.05) is 30.3 Å². The second-order valence-electron chi connectivity index (χ2n) is 7.22. The van der Waals surface area contributed by atoms with E-state index in [0.717, 1.165) is 51.0 Å². The molecule has 0 radical (unpaired) electrons. The van der Waals surface area contributed by atoms with E-state index in [-0.39, 0.29) is 11.4 Å². The summed E-state index contributed by atoms with van der Waals surface area (Å²) in [6, 6.07) is 1.74. The number of anilines is 1. The molecule has 0 spiro atoms. The molecule has 24 heavy (non-hydrogen) atoms. The number of hydrogen-bond donors (Lipinski definition) is 1. The first-order valence-electron chi connectivity index (χ1n) is 8.68. The van der Waals surface area contributed by atoms with Gasteiger partial charge in [-0.3, -0.25) is 4.79 Å². The number of amides is 1. The zero-order chi connectivity index (χ0) is 16.1. The summed E-state index contributed by atoms with van der Waals surface area (Å²) in [5.74, 6) is 1.55. The van der Waals surface area contributed by atoms with Gasteiger partial charge >= 0.3 is 0 Å². The molecule has 2 aromatic rings. The van der Waals surface area contributed by atoms with Crippen LogP contribution in [0.15, 0.2) is 29.3 Å². The van der Waals surface area contributed by atoms with Crippen molar-refractivity contribution < 1.29 is 9.21 Å². The standard InChI is InChI=1S/C18H20N4O2/c23-17(12-5-7-24-9-12)22-8-13-4-6-18(13,10-22)21-16-14-2-1-3-15(14)19-11-20-16/h5,7,9,11,13H,1-4,6,8,10H2,(H,19,20,21). The molecule has 6 heteroatoms. The molecular formula is C18H20N4O2. The maximum atomic E-state index is 12.6. The molecule has 3 aliphatic rings. The Labute approximate surface area is 140 Å². The number of likely N-dealkylation sites (tertiary alicyclic amines) is 1. The predicted octanol–water partition coefficient (Wildman–Crippen LogP) is 2.28. The number of aromatic nitrogens is 2. The summed E-state index contributed by atoms with van der Waals surface area (Å²) >= 11 is 0. The Balaban J connectivity index is 1.39. The Morgan fingerprint density at radius 1 is 1.38 bits per heavy atom. The van der Waals surface area contributed by atoms with Crippen LogP contribution in [0.2, 0.25) is 0 Å². The van der Waals surface area contributed by atoms with Crippen molar-refractivity contribution in [2.24, 2.45) is 5.92 Å². The van der Waals surface area contributed by atoms with Crippen LogP contribution in [-0.2, 0) is 12.8 Å². The third-order valence-electron chi connectivity index (χ3n) is 5.93. The third-order valence-corrected chi connectivity index (χ3v) is 5.93. The molecule has 1 N–H and O–H groups in total. The van der Waals surface area contributed by atoms with Gasteiger partial charge in [0.15, 0.2) is 0 Å². The summed E-state index contributed by atoms with van der Waals surface area (Å²) in [7, 11) is 0. The minimum absolute atomic E-state index is 0.0237. The molecule has 1 saturated carbocycles. The Kier molecular flexibility index (Phi) is 2.96. The van der Waals surface area contributed by atoms with Gasteiger partial charge in [-0.2, -0.15) is 0 Å². The van der Waals surface area contributed by atoms with E-state index in [1.165, 1.54) is 17.5 Å². The number of nitrogens with zero attached hydrogens (tertiary/aromatic N) is 3. The van der Waals surface area contributed by atoms with Crippen LogP contribution in [-0.4, -0.2) is 39.4 Å². The molecule has 2 aromatic heterocycles. The summed E-state index contributed by atoms with van der Waals surface area (Å²) in [5, 5.41) is 3.72. The summed E-state index contributed by atoms with van der Waals surface area (Å²) < 4.78 is 5.06. The van der Waals surface area contributed by atoms with Crippen LogP contribution >= 0.6 is 0 Å². The molecule has 0 aromatic carbocycles. The highest BCUT2D eigenvalue weighted by atomic mass is 16.3. The van der Waals surface area contributed by atoms with Gasteiger partial charge in [0.05, 0.1) is 17.4 Å². The largest absolute Gasteiger partial charge is 0.472 e. The van der Waals surface area contributed by atoms with Crippen molar-refractivity contribution in [1.82, 2.24) is 14.9 Å². The van der Waals surface area contributed by atoms with E-state index in [4.69, 9.17) is 4.42 Å². The summed E-state index contributed by atoms with van der Waals surface area (Å²) in [6.45, 7) is 1.55. The SMILES string of the molecule is O=C(c1ccoc1)N1CC2CCC2(Nc2ncnc3c2CCC3)C1. The van der Waals surface area contributed by atoms with Crippen LogP contribution in [0.5, 0.6) is 0 Å². The minimum atomic E-state index is -0.0237. The maximum Gasteiger partial charge on any atom is 0.257 e. The van der Waals surface area contributed by atoms with E-state index < -0.39 is 0 Å². The number of carbonyl (C=O) groups excluding carboxylic acids is 1. The number of furan rings is 1. The normalized spacial score (nSPS) is 27.5. The van der Waals surface area contributed by atoms with Crippen molar-refractivity contribution in [2.45, 2.75) is 37.6 Å². The molecule has 2 unspecified atom stereocenters. The van der Waals surface area contributed by atoms with Crippen molar-refractivity contribution in [3.05, 3.63) is 41.7 Å².